The van der Waals surface area contributed by atoms with Gasteiger partial charge in [0, 0.05) is 24.1 Å². The lowest BCUT2D eigenvalue weighted by Gasteiger charge is -2.10. The summed E-state index contributed by atoms with van der Waals surface area (Å²) < 4.78 is 22.2. The number of hydrogen-bond acceptors (Lipinski definition) is 4. The summed E-state index contributed by atoms with van der Waals surface area (Å²) >= 11 is 0. The van der Waals surface area contributed by atoms with Gasteiger partial charge in [-0.3, -0.25) is 9.19 Å². The maximum atomic E-state index is 11.9. The van der Waals surface area contributed by atoms with Crippen LogP contribution in [0.4, 0.5) is 0 Å². The minimum Gasteiger partial charge on any atom is -0.497 e. The van der Waals surface area contributed by atoms with Gasteiger partial charge in [-0.25, -0.2) is 0 Å². The molecule has 0 fully saturated rings. The summed E-state index contributed by atoms with van der Waals surface area (Å²) in [7, 11) is 2.07. The van der Waals surface area contributed by atoms with Crippen LogP contribution in [-0.2, 0) is 10.8 Å². The van der Waals surface area contributed by atoms with Gasteiger partial charge in [0.2, 0.25) is 0 Å². The molecule has 1 heterocycles. The van der Waals surface area contributed by atoms with Gasteiger partial charge in [-0.05, 0) is 24.3 Å². The quantitative estimate of drug-likeness (QED) is 0.861. The van der Waals surface area contributed by atoms with Gasteiger partial charge in [0.25, 0.3) is 0 Å². The van der Waals surface area contributed by atoms with Gasteiger partial charge in [0.05, 0.1) is 35.6 Å². The average molecular weight is 277 g/mol. The highest BCUT2D eigenvalue weighted by molar-refractivity contribution is 7.84. The molecule has 100 valence electrons. The molecule has 19 heavy (non-hydrogen) atoms. The summed E-state index contributed by atoms with van der Waals surface area (Å²) in [6.45, 7) is 0. The molecular weight excluding hydrogens is 262 g/mol. The summed E-state index contributed by atoms with van der Waals surface area (Å²) in [6, 6.07) is 9.05. The van der Waals surface area contributed by atoms with Gasteiger partial charge in [-0.15, -0.1) is 0 Å². The number of nitrogens with zero attached hydrogens (tertiary/aromatic N) is 1. The zero-order chi connectivity index (χ0) is 13.8. The molecule has 2 aromatic rings. The van der Waals surface area contributed by atoms with Crippen molar-refractivity contribution in [1.82, 2.24) is 4.98 Å². The Kier molecular flexibility index (Phi) is 4.16. The predicted octanol–water partition coefficient (Wildman–Crippen LogP) is 2.50. The van der Waals surface area contributed by atoms with Crippen molar-refractivity contribution in [3.05, 3.63) is 36.5 Å². The van der Waals surface area contributed by atoms with Crippen LogP contribution in [0.5, 0.6) is 11.5 Å². The third kappa shape index (κ3) is 2.93. The highest BCUT2D eigenvalue weighted by Gasteiger charge is 2.11. The van der Waals surface area contributed by atoms with Crippen LogP contribution in [0.15, 0.2) is 41.4 Å². The van der Waals surface area contributed by atoms with E-state index >= 15 is 0 Å². The molecule has 0 aliphatic heterocycles. The Bertz CT molecular complexity index is 613. The zero-order valence-corrected chi connectivity index (χ0v) is 11.9. The Labute approximate surface area is 114 Å². The predicted molar refractivity (Wildman–Crippen MR) is 75.1 cm³/mol. The van der Waals surface area contributed by atoms with Crippen molar-refractivity contribution in [2.75, 3.05) is 20.5 Å². The zero-order valence-electron chi connectivity index (χ0n) is 11.0. The van der Waals surface area contributed by atoms with Crippen molar-refractivity contribution in [1.29, 1.82) is 0 Å². The van der Waals surface area contributed by atoms with Crippen LogP contribution in [0.2, 0.25) is 0 Å². The highest BCUT2D eigenvalue weighted by Crippen LogP contribution is 2.29. The van der Waals surface area contributed by atoms with Crippen molar-refractivity contribution in [2.24, 2.45) is 0 Å². The van der Waals surface area contributed by atoms with Crippen LogP contribution < -0.4 is 9.47 Å². The molecule has 2 rings (SSSR count). The van der Waals surface area contributed by atoms with Crippen molar-refractivity contribution >= 4 is 10.8 Å². The van der Waals surface area contributed by atoms with E-state index < -0.39 is 10.8 Å². The lowest BCUT2D eigenvalue weighted by Crippen LogP contribution is -1.96. The first kappa shape index (κ1) is 13.5. The molecule has 1 unspecified atom stereocenters. The number of hydrogen-bond donors (Lipinski definition) is 0. The molecular formula is C14H15NO3S. The van der Waals surface area contributed by atoms with Crippen LogP contribution in [0.25, 0.3) is 11.3 Å². The monoisotopic (exact) mass is 277 g/mol. The average Bonchev–Trinajstić information content (AvgIpc) is 2.46. The van der Waals surface area contributed by atoms with Crippen LogP contribution >= 0.6 is 0 Å². The van der Waals surface area contributed by atoms with E-state index in [4.69, 9.17) is 9.47 Å². The molecule has 0 saturated heterocycles. The van der Waals surface area contributed by atoms with E-state index in [1.807, 2.05) is 18.2 Å². The third-order valence-electron chi connectivity index (χ3n) is 2.74. The van der Waals surface area contributed by atoms with Crippen molar-refractivity contribution < 1.29 is 13.7 Å². The second kappa shape index (κ2) is 5.84. The number of benzene rings is 1. The molecule has 0 aliphatic rings. The fourth-order valence-electron chi connectivity index (χ4n) is 1.76. The molecule has 0 saturated carbocycles. The smallest absolute Gasteiger partial charge is 0.122 e. The van der Waals surface area contributed by atoms with E-state index in [0.29, 0.717) is 16.4 Å². The van der Waals surface area contributed by atoms with Gasteiger partial charge in [0.15, 0.2) is 0 Å². The molecule has 0 bridgehead atoms. The van der Waals surface area contributed by atoms with Crippen LogP contribution in [-0.4, -0.2) is 29.7 Å². The normalized spacial score (nSPS) is 11.9. The summed E-state index contributed by atoms with van der Waals surface area (Å²) in [5.74, 6) is 1.39. The van der Waals surface area contributed by atoms with Crippen LogP contribution in [0.1, 0.15) is 0 Å². The summed E-state index contributed by atoms with van der Waals surface area (Å²) in [6.07, 6.45) is 3.30. The molecule has 1 aromatic heterocycles. The van der Waals surface area contributed by atoms with Crippen molar-refractivity contribution in [3.8, 4) is 22.8 Å². The van der Waals surface area contributed by atoms with E-state index in [1.165, 1.54) is 0 Å². The molecule has 1 atom stereocenters. The van der Waals surface area contributed by atoms with E-state index in [0.717, 1.165) is 11.3 Å². The van der Waals surface area contributed by atoms with Gasteiger partial charge in [0.1, 0.15) is 11.5 Å². The SMILES string of the molecule is COc1ccnc(-c2ccc(OC)cc2S(C)=O)c1. The topological polar surface area (TPSA) is 48.4 Å². The van der Waals surface area contributed by atoms with Crippen molar-refractivity contribution in [2.45, 2.75) is 4.90 Å². The lowest BCUT2D eigenvalue weighted by atomic mass is 10.1. The van der Waals surface area contributed by atoms with Gasteiger partial charge >= 0.3 is 0 Å². The first-order valence-electron chi connectivity index (χ1n) is 5.67. The van der Waals surface area contributed by atoms with E-state index in [1.54, 1.807) is 38.8 Å². The minimum absolute atomic E-state index is 0.678. The molecule has 5 heteroatoms. The Morgan fingerprint density at radius 1 is 1.05 bits per heavy atom. The Morgan fingerprint density at radius 3 is 2.37 bits per heavy atom. The second-order valence-electron chi connectivity index (χ2n) is 3.90. The van der Waals surface area contributed by atoms with Gasteiger partial charge in [-0.1, -0.05) is 0 Å². The number of rotatable bonds is 4. The number of pyridine rings is 1. The Hall–Kier alpha value is -1.88. The molecule has 0 aliphatic carbocycles. The molecule has 4 nitrogen and oxygen atoms in total. The van der Waals surface area contributed by atoms with Crippen LogP contribution in [0.3, 0.4) is 0 Å². The molecule has 0 spiro atoms. The first-order chi connectivity index (χ1) is 9.15. The fraction of sp³-hybridized carbons (Fsp3) is 0.214. The van der Waals surface area contributed by atoms with E-state index in [-0.39, 0.29) is 0 Å². The van der Waals surface area contributed by atoms with E-state index in [2.05, 4.69) is 4.98 Å². The third-order valence-corrected chi connectivity index (χ3v) is 3.70. The maximum absolute atomic E-state index is 11.9. The lowest BCUT2D eigenvalue weighted by molar-refractivity contribution is 0.413. The molecule has 1 aromatic carbocycles. The second-order valence-corrected chi connectivity index (χ2v) is 5.25. The largest absolute Gasteiger partial charge is 0.497 e. The minimum atomic E-state index is -1.12. The molecule has 0 N–H and O–H groups in total. The maximum Gasteiger partial charge on any atom is 0.122 e. The summed E-state index contributed by atoms with van der Waals surface area (Å²) in [5.41, 5.74) is 1.55. The van der Waals surface area contributed by atoms with E-state index in [9.17, 15) is 4.21 Å². The fourth-order valence-corrected chi connectivity index (χ4v) is 2.53. The standard InChI is InChI=1S/C14H15NO3S/c1-17-10-4-5-12(14(9-10)19(3)16)13-8-11(18-2)6-7-15-13/h4-9H,1-3H3. The molecule has 0 amide bonds. The summed E-state index contributed by atoms with van der Waals surface area (Å²) in [5, 5.41) is 0. The number of aromatic nitrogens is 1. The number of ether oxygens (including phenoxy) is 2. The first-order valence-corrected chi connectivity index (χ1v) is 7.23. The van der Waals surface area contributed by atoms with Gasteiger partial charge in [-0.2, -0.15) is 0 Å². The van der Waals surface area contributed by atoms with Crippen molar-refractivity contribution in [3.63, 3.8) is 0 Å². The van der Waals surface area contributed by atoms with Crippen LogP contribution in [0, 0.1) is 0 Å². The Balaban J connectivity index is 2.57. The molecule has 0 radical (unpaired) electrons. The van der Waals surface area contributed by atoms with Gasteiger partial charge < -0.3 is 9.47 Å². The highest BCUT2D eigenvalue weighted by atomic mass is 32.2. The Morgan fingerprint density at radius 2 is 1.74 bits per heavy atom. The summed E-state index contributed by atoms with van der Waals surface area (Å²) in [4.78, 5) is 5.00. The number of methoxy groups -OCH3 is 2.